The third-order valence-corrected chi connectivity index (χ3v) is 7.14. The fourth-order valence-corrected chi connectivity index (χ4v) is 5.04. The summed E-state index contributed by atoms with van der Waals surface area (Å²) in [6.45, 7) is 4.56. The van der Waals surface area contributed by atoms with E-state index in [2.05, 4.69) is 10.6 Å². The second kappa shape index (κ2) is 11.1. The van der Waals surface area contributed by atoms with Crippen LogP contribution in [-0.2, 0) is 19.6 Å². The highest BCUT2D eigenvalue weighted by Crippen LogP contribution is 2.22. The average Bonchev–Trinajstić information content (AvgIpc) is 2.79. The summed E-state index contributed by atoms with van der Waals surface area (Å²) in [4.78, 5) is 23.6. The van der Waals surface area contributed by atoms with E-state index >= 15 is 0 Å². The van der Waals surface area contributed by atoms with Gasteiger partial charge in [0.1, 0.15) is 5.75 Å². The largest absolute Gasteiger partial charge is 0.494 e. The molecule has 2 N–H and O–H groups in total. The minimum Gasteiger partial charge on any atom is -0.494 e. The van der Waals surface area contributed by atoms with Crippen LogP contribution in [0.4, 0.5) is 5.69 Å². The van der Waals surface area contributed by atoms with Gasteiger partial charge in [-0.15, -0.1) is 0 Å². The molecule has 0 unspecified atom stereocenters. The molecule has 0 atom stereocenters. The van der Waals surface area contributed by atoms with Crippen LogP contribution in [0.3, 0.4) is 0 Å². The van der Waals surface area contributed by atoms with E-state index in [1.165, 1.54) is 29.4 Å². The van der Waals surface area contributed by atoms with Crippen molar-refractivity contribution in [3.8, 4) is 5.75 Å². The van der Waals surface area contributed by atoms with E-state index in [1.807, 2.05) is 31.2 Å². The molecule has 9 heteroatoms. The number of anilines is 1. The van der Waals surface area contributed by atoms with Gasteiger partial charge in [0.05, 0.1) is 11.5 Å². The first-order valence-electron chi connectivity index (χ1n) is 10.9. The zero-order valence-corrected chi connectivity index (χ0v) is 19.6. The van der Waals surface area contributed by atoms with Gasteiger partial charge in [0.25, 0.3) is 0 Å². The Hall–Kier alpha value is -3.17. The summed E-state index contributed by atoms with van der Waals surface area (Å²) in [5.41, 5.74) is 1.43. The fourth-order valence-electron chi connectivity index (χ4n) is 3.57. The summed E-state index contributed by atoms with van der Waals surface area (Å²) in [5, 5.41) is 5.56. The monoisotopic (exact) mass is 471 g/mol. The van der Waals surface area contributed by atoms with Crippen molar-refractivity contribution in [1.82, 2.24) is 9.62 Å². The number of nitrogens with one attached hydrogen (secondary N) is 2. The lowest BCUT2D eigenvalue weighted by Gasteiger charge is -2.31. The van der Waals surface area contributed by atoms with Crippen LogP contribution in [0.2, 0.25) is 0 Å². The van der Waals surface area contributed by atoms with Gasteiger partial charge in [-0.05, 0) is 67.8 Å². The van der Waals surface area contributed by atoms with Gasteiger partial charge in [-0.25, -0.2) is 8.42 Å². The molecule has 1 heterocycles. The highest BCUT2D eigenvalue weighted by Gasteiger charge is 2.29. The van der Waals surface area contributed by atoms with E-state index in [9.17, 15) is 18.0 Å². The minimum absolute atomic E-state index is 0.0870. The Morgan fingerprint density at radius 3 is 2.27 bits per heavy atom. The van der Waals surface area contributed by atoms with E-state index in [-0.39, 0.29) is 22.8 Å². The predicted molar refractivity (Wildman–Crippen MR) is 127 cm³/mol. The Morgan fingerprint density at radius 1 is 1.06 bits per heavy atom. The Kier molecular flexibility index (Phi) is 8.24. The van der Waals surface area contributed by atoms with Gasteiger partial charge < -0.3 is 15.4 Å². The van der Waals surface area contributed by atoms with Crippen LogP contribution in [0.25, 0.3) is 6.08 Å². The standard InChI is InChI=1S/C24H29N3O5S/c1-3-32-22-9-4-19(5-10-22)6-13-24(29)26-21-14-16-27(17-15-21)33(30,31)23-11-7-20(8-12-23)25-18(2)28/h4-13,21H,3,14-17H2,1-2H3,(H,25,28)(H,26,29). The lowest BCUT2D eigenvalue weighted by molar-refractivity contribution is -0.117. The number of hydrogen-bond donors (Lipinski definition) is 2. The lowest BCUT2D eigenvalue weighted by Crippen LogP contribution is -2.46. The van der Waals surface area contributed by atoms with Crippen molar-refractivity contribution >= 4 is 33.6 Å². The number of benzene rings is 2. The molecule has 0 bridgehead atoms. The highest BCUT2D eigenvalue weighted by atomic mass is 32.2. The quantitative estimate of drug-likeness (QED) is 0.576. The van der Waals surface area contributed by atoms with Gasteiger partial charge in [-0.3, -0.25) is 9.59 Å². The SMILES string of the molecule is CCOc1ccc(C=CC(=O)NC2CCN(S(=O)(=O)c3ccc(NC(C)=O)cc3)CC2)cc1. The van der Waals surface area contributed by atoms with Gasteiger partial charge in [-0.2, -0.15) is 4.31 Å². The summed E-state index contributed by atoms with van der Waals surface area (Å²) in [7, 11) is -3.63. The number of sulfonamides is 1. The topological polar surface area (TPSA) is 105 Å². The van der Waals surface area contributed by atoms with Gasteiger partial charge >= 0.3 is 0 Å². The van der Waals surface area contributed by atoms with Crippen molar-refractivity contribution in [3.05, 3.63) is 60.2 Å². The van der Waals surface area contributed by atoms with Crippen molar-refractivity contribution in [3.63, 3.8) is 0 Å². The Morgan fingerprint density at radius 2 is 1.70 bits per heavy atom. The third-order valence-electron chi connectivity index (χ3n) is 5.23. The molecule has 0 aromatic heterocycles. The molecule has 2 amide bonds. The molecule has 8 nitrogen and oxygen atoms in total. The molecule has 1 saturated heterocycles. The van der Waals surface area contributed by atoms with Crippen LogP contribution in [0, 0.1) is 0 Å². The van der Waals surface area contributed by atoms with E-state index in [0.29, 0.717) is 38.2 Å². The number of piperidine rings is 1. The predicted octanol–water partition coefficient (Wildman–Crippen LogP) is 3.03. The maximum atomic E-state index is 12.9. The second-order valence-electron chi connectivity index (χ2n) is 7.73. The van der Waals surface area contributed by atoms with Gasteiger partial charge in [0.15, 0.2) is 0 Å². The van der Waals surface area contributed by atoms with Crippen molar-refractivity contribution in [2.24, 2.45) is 0 Å². The molecule has 176 valence electrons. The molecule has 0 radical (unpaired) electrons. The van der Waals surface area contributed by atoms with Crippen molar-refractivity contribution in [2.75, 3.05) is 25.0 Å². The van der Waals surface area contributed by atoms with Gasteiger partial charge in [0, 0.05) is 37.8 Å². The first-order chi connectivity index (χ1) is 15.8. The molecule has 1 aliphatic rings. The van der Waals surface area contributed by atoms with Crippen molar-refractivity contribution in [1.29, 1.82) is 0 Å². The smallest absolute Gasteiger partial charge is 0.244 e. The van der Waals surface area contributed by atoms with Crippen LogP contribution < -0.4 is 15.4 Å². The number of rotatable bonds is 8. The number of amides is 2. The summed E-state index contributed by atoms with van der Waals surface area (Å²) in [6.07, 6.45) is 4.28. The number of hydrogen-bond acceptors (Lipinski definition) is 5. The number of nitrogens with zero attached hydrogens (tertiary/aromatic N) is 1. The van der Waals surface area contributed by atoms with Crippen LogP contribution in [-0.4, -0.2) is 50.3 Å². The lowest BCUT2D eigenvalue weighted by atomic mass is 10.1. The molecule has 33 heavy (non-hydrogen) atoms. The average molecular weight is 472 g/mol. The molecule has 2 aromatic rings. The van der Waals surface area contributed by atoms with Crippen molar-refractivity contribution < 1.29 is 22.7 Å². The van der Waals surface area contributed by atoms with E-state index in [1.54, 1.807) is 18.2 Å². The summed E-state index contributed by atoms with van der Waals surface area (Å²) < 4.78 is 32.6. The normalized spacial score (nSPS) is 15.3. The number of carbonyl (C=O) groups is 2. The fraction of sp³-hybridized carbons (Fsp3) is 0.333. The molecule has 0 saturated carbocycles. The highest BCUT2D eigenvalue weighted by molar-refractivity contribution is 7.89. The van der Waals surface area contributed by atoms with E-state index in [0.717, 1.165) is 11.3 Å². The maximum Gasteiger partial charge on any atom is 0.244 e. The second-order valence-corrected chi connectivity index (χ2v) is 9.67. The Balaban J connectivity index is 1.50. The first-order valence-corrected chi connectivity index (χ1v) is 12.3. The molecular formula is C24H29N3O5S. The number of carbonyl (C=O) groups excluding carboxylic acids is 2. The first kappa shape index (κ1) is 24.5. The molecular weight excluding hydrogens is 442 g/mol. The molecule has 0 aliphatic carbocycles. The van der Waals surface area contributed by atoms with E-state index < -0.39 is 10.0 Å². The summed E-state index contributed by atoms with van der Waals surface area (Å²) in [5.74, 6) is 0.354. The van der Waals surface area contributed by atoms with Crippen LogP contribution in [0.1, 0.15) is 32.3 Å². The van der Waals surface area contributed by atoms with E-state index in [4.69, 9.17) is 4.74 Å². The molecule has 1 fully saturated rings. The zero-order chi connectivity index (χ0) is 23.8. The van der Waals surface area contributed by atoms with Crippen LogP contribution in [0.5, 0.6) is 5.75 Å². The Labute approximate surface area is 194 Å². The zero-order valence-electron chi connectivity index (χ0n) is 18.8. The van der Waals surface area contributed by atoms with Gasteiger partial charge in [0.2, 0.25) is 21.8 Å². The molecule has 2 aromatic carbocycles. The minimum atomic E-state index is -3.63. The van der Waals surface area contributed by atoms with Gasteiger partial charge in [-0.1, -0.05) is 12.1 Å². The maximum absolute atomic E-state index is 12.9. The molecule has 1 aliphatic heterocycles. The summed E-state index contributed by atoms with van der Waals surface area (Å²) in [6, 6.07) is 13.5. The van der Waals surface area contributed by atoms with Crippen LogP contribution in [0.15, 0.2) is 59.5 Å². The van der Waals surface area contributed by atoms with Crippen LogP contribution >= 0.6 is 0 Å². The number of ether oxygens (including phenoxy) is 1. The third kappa shape index (κ3) is 6.90. The summed E-state index contributed by atoms with van der Waals surface area (Å²) >= 11 is 0. The molecule has 3 rings (SSSR count). The Bertz CT molecular complexity index is 1090. The molecule has 0 spiro atoms. The van der Waals surface area contributed by atoms with Crippen molar-refractivity contribution in [2.45, 2.75) is 37.6 Å².